The highest BCUT2D eigenvalue weighted by Crippen LogP contribution is 2.21. The highest BCUT2D eigenvalue weighted by Gasteiger charge is 2.14. The first-order valence-corrected chi connectivity index (χ1v) is 10.8. The van der Waals surface area contributed by atoms with Crippen LogP contribution >= 0.6 is 23.4 Å². The standard InChI is InChI=1S/C21H21ClFN3O3S/c1-2-29-10-4-9-26-20(28)17-8-7-14(22)11-18(17)25-21(26)30-13-19(27)24-16-6-3-5-15(23)12-16/h3,5-8,11-12H,2,4,9-10,13H2,1H3,(H,24,27). The van der Waals surface area contributed by atoms with Gasteiger partial charge >= 0.3 is 0 Å². The predicted molar refractivity (Wildman–Crippen MR) is 118 cm³/mol. The van der Waals surface area contributed by atoms with E-state index in [4.69, 9.17) is 16.3 Å². The van der Waals surface area contributed by atoms with Gasteiger partial charge in [0.05, 0.1) is 16.7 Å². The van der Waals surface area contributed by atoms with Gasteiger partial charge in [0.25, 0.3) is 5.56 Å². The molecule has 3 rings (SSSR count). The van der Waals surface area contributed by atoms with Crippen molar-refractivity contribution in [2.45, 2.75) is 25.0 Å². The average molecular weight is 450 g/mol. The van der Waals surface area contributed by atoms with Gasteiger partial charge in [-0.3, -0.25) is 14.2 Å². The number of halogens is 2. The van der Waals surface area contributed by atoms with Crippen molar-refractivity contribution in [1.29, 1.82) is 0 Å². The van der Waals surface area contributed by atoms with E-state index in [1.165, 1.54) is 18.2 Å². The Morgan fingerprint density at radius 2 is 2.13 bits per heavy atom. The molecule has 0 aliphatic carbocycles. The van der Waals surface area contributed by atoms with Gasteiger partial charge in [-0.2, -0.15) is 0 Å². The zero-order valence-electron chi connectivity index (χ0n) is 16.4. The fraction of sp³-hybridized carbons (Fsp3) is 0.286. The number of carbonyl (C=O) groups is 1. The second-order valence-corrected chi connectivity index (χ2v) is 7.79. The van der Waals surface area contributed by atoms with Crippen molar-refractivity contribution in [2.24, 2.45) is 0 Å². The van der Waals surface area contributed by atoms with Crippen molar-refractivity contribution in [2.75, 3.05) is 24.3 Å². The average Bonchev–Trinajstić information content (AvgIpc) is 2.71. The first-order valence-electron chi connectivity index (χ1n) is 9.44. The monoisotopic (exact) mass is 449 g/mol. The topological polar surface area (TPSA) is 73.2 Å². The molecule has 0 spiro atoms. The largest absolute Gasteiger partial charge is 0.382 e. The van der Waals surface area contributed by atoms with Crippen LogP contribution in [0.25, 0.3) is 10.9 Å². The maximum atomic E-state index is 13.3. The number of anilines is 1. The van der Waals surface area contributed by atoms with Gasteiger partial charge < -0.3 is 10.1 Å². The molecule has 9 heteroatoms. The van der Waals surface area contributed by atoms with Crippen LogP contribution in [-0.4, -0.2) is 34.4 Å². The summed E-state index contributed by atoms with van der Waals surface area (Å²) in [6.45, 7) is 3.45. The van der Waals surface area contributed by atoms with Crippen molar-refractivity contribution in [3.63, 3.8) is 0 Å². The molecule has 0 saturated heterocycles. The highest BCUT2D eigenvalue weighted by atomic mass is 35.5. The molecule has 1 aromatic heterocycles. The summed E-state index contributed by atoms with van der Waals surface area (Å²) >= 11 is 7.18. The number of nitrogens with zero attached hydrogens (tertiary/aromatic N) is 2. The Bertz CT molecular complexity index is 1110. The molecule has 3 aromatic rings. The molecule has 0 aliphatic rings. The van der Waals surface area contributed by atoms with E-state index in [1.54, 1.807) is 28.8 Å². The van der Waals surface area contributed by atoms with E-state index in [9.17, 15) is 14.0 Å². The Hall–Kier alpha value is -2.42. The number of rotatable bonds is 9. The smallest absolute Gasteiger partial charge is 0.262 e. The molecule has 0 atom stereocenters. The van der Waals surface area contributed by atoms with E-state index in [0.29, 0.717) is 52.9 Å². The lowest BCUT2D eigenvalue weighted by Crippen LogP contribution is -2.25. The molecule has 0 unspecified atom stereocenters. The van der Waals surface area contributed by atoms with Gasteiger partial charge in [0, 0.05) is 30.5 Å². The molecule has 1 N–H and O–H groups in total. The molecular weight excluding hydrogens is 429 g/mol. The van der Waals surface area contributed by atoms with Crippen LogP contribution in [0.5, 0.6) is 0 Å². The molecule has 0 radical (unpaired) electrons. The van der Waals surface area contributed by atoms with Crippen molar-refractivity contribution in [3.8, 4) is 0 Å². The summed E-state index contributed by atoms with van der Waals surface area (Å²) in [4.78, 5) is 29.8. The fourth-order valence-corrected chi connectivity index (χ4v) is 3.84. The van der Waals surface area contributed by atoms with Crippen LogP contribution in [0.4, 0.5) is 10.1 Å². The zero-order chi connectivity index (χ0) is 21.5. The number of benzene rings is 2. The van der Waals surface area contributed by atoms with Gasteiger partial charge in [-0.15, -0.1) is 0 Å². The Labute approximate surface area is 182 Å². The molecule has 6 nitrogen and oxygen atoms in total. The predicted octanol–water partition coefficient (Wildman–Crippen LogP) is 4.35. The Morgan fingerprint density at radius 3 is 2.90 bits per heavy atom. The number of hydrogen-bond donors (Lipinski definition) is 1. The van der Waals surface area contributed by atoms with E-state index in [0.717, 1.165) is 11.8 Å². The third kappa shape index (κ3) is 5.81. The number of ether oxygens (including phenoxy) is 1. The number of amides is 1. The summed E-state index contributed by atoms with van der Waals surface area (Å²) in [6.07, 6.45) is 0.636. The Kier molecular flexibility index (Phi) is 7.84. The van der Waals surface area contributed by atoms with Crippen LogP contribution in [0.1, 0.15) is 13.3 Å². The van der Waals surface area contributed by atoms with Gasteiger partial charge in [0.15, 0.2) is 5.16 Å². The van der Waals surface area contributed by atoms with Gasteiger partial charge in [0.2, 0.25) is 5.91 Å². The molecule has 0 bridgehead atoms. The molecule has 158 valence electrons. The zero-order valence-corrected chi connectivity index (χ0v) is 17.9. The van der Waals surface area contributed by atoms with Crippen LogP contribution in [0.15, 0.2) is 52.4 Å². The Balaban J connectivity index is 1.81. The molecule has 1 amide bonds. The SMILES string of the molecule is CCOCCCn1c(SCC(=O)Nc2cccc(F)c2)nc2cc(Cl)ccc2c1=O. The molecule has 1 heterocycles. The van der Waals surface area contributed by atoms with Crippen LogP contribution in [-0.2, 0) is 16.1 Å². The number of hydrogen-bond acceptors (Lipinski definition) is 5. The number of aromatic nitrogens is 2. The van der Waals surface area contributed by atoms with Gasteiger partial charge in [0.1, 0.15) is 5.82 Å². The summed E-state index contributed by atoms with van der Waals surface area (Å²) < 4.78 is 20.2. The Morgan fingerprint density at radius 1 is 1.30 bits per heavy atom. The lowest BCUT2D eigenvalue weighted by atomic mass is 10.2. The molecule has 0 aliphatic heterocycles. The lowest BCUT2D eigenvalue weighted by molar-refractivity contribution is -0.113. The third-order valence-electron chi connectivity index (χ3n) is 4.20. The van der Waals surface area contributed by atoms with Crippen molar-refractivity contribution < 1.29 is 13.9 Å². The summed E-state index contributed by atoms with van der Waals surface area (Å²) in [7, 11) is 0. The van der Waals surface area contributed by atoms with Gasteiger partial charge in [-0.25, -0.2) is 9.37 Å². The molecule has 30 heavy (non-hydrogen) atoms. The maximum absolute atomic E-state index is 13.3. The van der Waals surface area contributed by atoms with Crippen LogP contribution < -0.4 is 10.9 Å². The third-order valence-corrected chi connectivity index (χ3v) is 5.41. The highest BCUT2D eigenvalue weighted by molar-refractivity contribution is 7.99. The minimum absolute atomic E-state index is 0.0144. The normalized spacial score (nSPS) is 11.0. The summed E-state index contributed by atoms with van der Waals surface area (Å²) in [5.74, 6) is -0.746. The quantitative estimate of drug-likeness (QED) is 0.299. The number of nitrogens with one attached hydrogen (secondary N) is 1. The van der Waals surface area contributed by atoms with E-state index >= 15 is 0 Å². The van der Waals surface area contributed by atoms with Crippen molar-refractivity contribution >= 4 is 45.9 Å². The first-order chi connectivity index (χ1) is 14.5. The van der Waals surface area contributed by atoms with Gasteiger partial charge in [-0.05, 0) is 49.7 Å². The summed E-state index contributed by atoms with van der Waals surface area (Å²) in [5.41, 5.74) is 0.649. The van der Waals surface area contributed by atoms with Gasteiger partial charge in [-0.1, -0.05) is 29.4 Å². The van der Waals surface area contributed by atoms with Crippen molar-refractivity contribution in [3.05, 3.63) is 63.7 Å². The maximum Gasteiger partial charge on any atom is 0.262 e. The van der Waals surface area contributed by atoms with E-state index in [1.807, 2.05) is 6.92 Å². The second-order valence-electron chi connectivity index (χ2n) is 6.41. The second kappa shape index (κ2) is 10.6. The molecule has 2 aromatic carbocycles. The molecule has 0 saturated carbocycles. The molecular formula is C21H21ClFN3O3S. The first kappa shape index (κ1) is 22.3. The number of fused-ring (bicyclic) bond motifs is 1. The van der Waals surface area contributed by atoms with Crippen molar-refractivity contribution in [1.82, 2.24) is 9.55 Å². The lowest BCUT2D eigenvalue weighted by Gasteiger charge is -2.13. The van der Waals surface area contributed by atoms with Crippen LogP contribution in [0, 0.1) is 5.82 Å². The fourth-order valence-electron chi connectivity index (χ4n) is 2.84. The number of carbonyl (C=O) groups excluding carboxylic acids is 1. The van der Waals surface area contributed by atoms with Crippen LogP contribution in [0.3, 0.4) is 0 Å². The summed E-state index contributed by atoms with van der Waals surface area (Å²) in [5, 5.41) is 3.99. The van der Waals surface area contributed by atoms with E-state index in [2.05, 4.69) is 10.3 Å². The minimum Gasteiger partial charge on any atom is -0.382 e. The minimum atomic E-state index is -0.434. The summed E-state index contributed by atoms with van der Waals surface area (Å²) in [6, 6.07) is 10.6. The molecule has 0 fully saturated rings. The van der Waals surface area contributed by atoms with E-state index < -0.39 is 5.82 Å². The van der Waals surface area contributed by atoms with E-state index in [-0.39, 0.29) is 17.2 Å². The van der Waals surface area contributed by atoms with Crippen LogP contribution in [0.2, 0.25) is 5.02 Å². The number of thioether (sulfide) groups is 1.